The first-order valence-electron chi connectivity index (χ1n) is 5.22. The number of amides is 1. The minimum Gasteiger partial charge on any atom is -0.358 e. The van der Waals surface area contributed by atoms with Crippen molar-refractivity contribution in [3.05, 3.63) is 18.1 Å². The smallest absolute Gasteiger partial charge is 0.219 e. The lowest BCUT2D eigenvalue weighted by atomic mass is 10.3. The van der Waals surface area contributed by atoms with Crippen LogP contribution in [0.2, 0.25) is 0 Å². The van der Waals surface area contributed by atoms with Gasteiger partial charge in [0.25, 0.3) is 0 Å². The highest BCUT2D eigenvalue weighted by molar-refractivity contribution is 5.72. The number of likely N-dealkylation sites (N-methyl/N-ethyl adjacent to an activating group) is 2. The van der Waals surface area contributed by atoms with Gasteiger partial charge in [-0.1, -0.05) is 0 Å². The number of hydrogen-bond donors (Lipinski definition) is 0. The number of nitrogens with zero attached hydrogens (tertiary/aromatic N) is 4. The monoisotopic (exact) mass is 222 g/mol. The van der Waals surface area contributed by atoms with Crippen molar-refractivity contribution in [2.24, 2.45) is 0 Å². The van der Waals surface area contributed by atoms with Crippen LogP contribution in [0.15, 0.2) is 12.5 Å². The average molecular weight is 222 g/mol. The van der Waals surface area contributed by atoms with Crippen LogP contribution in [0, 0.1) is 6.92 Å². The zero-order valence-electron chi connectivity index (χ0n) is 10.3. The third-order valence-corrected chi connectivity index (χ3v) is 2.54. The Morgan fingerprint density at radius 1 is 1.38 bits per heavy atom. The van der Waals surface area contributed by atoms with E-state index >= 15 is 0 Å². The van der Waals surface area contributed by atoms with Crippen LogP contribution in [0.1, 0.15) is 12.5 Å². The molecular weight excluding hydrogens is 204 g/mol. The molecule has 1 rings (SSSR count). The van der Waals surface area contributed by atoms with E-state index in [0.717, 1.165) is 17.9 Å². The molecule has 0 saturated heterocycles. The second-order valence-corrected chi connectivity index (χ2v) is 3.89. The molecule has 0 aliphatic rings. The summed E-state index contributed by atoms with van der Waals surface area (Å²) < 4.78 is 0. The molecule has 16 heavy (non-hydrogen) atoms. The van der Waals surface area contributed by atoms with Crippen molar-refractivity contribution in [1.82, 2.24) is 14.9 Å². The number of rotatable bonds is 4. The number of anilines is 1. The molecule has 1 aromatic rings. The number of carbonyl (C=O) groups is 1. The maximum atomic E-state index is 11.0. The first-order chi connectivity index (χ1) is 7.52. The molecule has 5 heteroatoms. The number of aryl methyl sites for hydroxylation is 1. The van der Waals surface area contributed by atoms with Gasteiger partial charge in [-0.3, -0.25) is 4.79 Å². The van der Waals surface area contributed by atoms with Gasteiger partial charge in [0.05, 0.1) is 0 Å². The van der Waals surface area contributed by atoms with E-state index in [4.69, 9.17) is 0 Å². The van der Waals surface area contributed by atoms with Crippen LogP contribution in [0.3, 0.4) is 0 Å². The van der Waals surface area contributed by atoms with Crippen molar-refractivity contribution in [3.8, 4) is 0 Å². The molecule has 0 aromatic carbocycles. The summed E-state index contributed by atoms with van der Waals surface area (Å²) >= 11 is 0. The van der Waals surface area contributed by atoms with Gasteiger partial charge in [0.15, 0.2) is 0 Å². The largest absolute Gasteiger partial charge is 0.358 e. The van der Waals surface area contributed by atoms with E-state index in [9.17, 15) is 4.79 Å². The summed E-state index contributed by atoms with van der Waals surface area (Å²) in [5.74, 6) is 0.986. The van der Waals surface area contributed by atoms with Crippen LogP contribution in [0.5, 0.6) is 0 Å². The summed E-state index contributed by atoms with van der Waals surface area (Å²) in [6, 6.07) is 0. The van der Waals surface area contributed by atoms with Crippen LogP contribution in [0.4, 0.5) is 5.82 Å². The molecule has 1 heterocycles. The summed E-state index contributed by atoms with van der Waals surface area (Å²) in [6.45, 7) is 4.99. The minimum absolute atomic E-state index is 0.0767. The molecule has 0 atom stereocenters. The molecule has 0 fully saturated rings. The Labute approximate surface area is 96.1 Å². The van der Waals surface area contributed by atoms with Gasteiger partial charge in [0.1, 0.15) is 12.1 Å². The SMILES string of the molecule is CC(=O)N(C)CCN(C)c1ncncc1C. The molecule has 5 nitrogen and oxygen atoms in total. The Morgan fingerprint density at radius 3 is 2.62 bits per heavy atom. The highest BCUT2D eigenvalue weighted by atomic mass is 16.2. The third-order valence-electron chi connectivity index (χ3n) is 2.54. The first-order valence-corrected chi connectivity index (χ1v) is 5.22. The van der Waals surface area contributed by atoms with Gasteiger partial charge in [-0.2, -0.15) is 0 Å². The zero-order valence-corrected chi connectivity index (χ0v) is 10.3. The van der Waals surface area contributed by atoms with E-state index in [0.29, 0.717) is 6.54 Å². The fourth-order valence-electron chi connectivity index (χ4n) is 1.36. The van der Waals surface area contributed by atoms with Crippen molar-refractivity contribution >= 4 is 11.7 Å². The minimum atomic E-state index is 0.0767. The Morgan fingerprint density at radius 2 is 2.06 bits per heavy atom. The van der Waals surface area contributed by atoms with E-state index in [1.54, 1.807) is 25.1 Å². The molecular formula is C11H18N4O. The molecule has 0 aliphatic carbocycles. The fourth-order valence-corrected chi connectivity index (χ4v) is 1.36. The van der Waals surface area contributed by atoms with Crippen molar-refractivity contribution < 1.29 is 4.79 Å². The third kappa shape index (κ3) is 3.18. The lowest BCUT2D eigenvalue weighted by molar-refractivity contribution is -0.127. The van der Waals surface area contributed by atoms with Crippen molar-refractivity contribution in [2.45, 2.75) is 13.8 Å². The topological polar surface area (TPSA) is 49.3 Å². The highest BCUT2D eigenvalue weighted by Crippen LogP contribution is 2.12. The summed E-state index contributed by atoms with van der Waals surface area (Å²) in [6.07, 6.45) is 3.32. The molecule has 0 unspecified atom stereocenters. The standard InChI is InChI=1S/C11H18N4O/c1-9-7-12-8-13-11(9)15(4)6-5-14(3)10(2)16/h7-8H,5-6H2,1-4H3. The van der Waals surface area contributed by atoms with Crippen LogP contribution in [-0.2, 0) is 4.79 Å². The maximum Gasteiger partial charge on any atom is 0.219 e. The van der Waals surface area contributed by atoms with E-state index < -0.39 is 0 Å². The van der Waals surface area contributed by atoms with Crippen molar-refractivity contribution in [1.29, 1.82) is 0 Å². The molecule has 1 amide bonds. The summed E-state index contributed by atoms with van der Waals surface area (Å²) in [5.41, 5.74) is 1.04. The molecule has 0 radical (unpaired) electrons. The quantitative estimate of drug-likeness (QED) is 0.752. The van der Waals surface area contributed by atoms with Gasteiger partial charge >= 0.3 is 0 Å². The number of aromatic nitrogens is 2. The van der Waals surface area contributed by atoms with Crippen LogP contribution < -0.4 is 4.90 Å². The fraction of sp³-hybridized carbons (Fsp3) is 0.545. The van der Waals surface area contributed by atoms with Gasteiger partial charge in [0, 0.05) is 45.9 Å². The van der Waals surface area contributed by atoms with E-state index in [1.807, 2.05) is 18.9 Å². The predicted molar refractivity (Wildman–Crippen MR) is 63.4 cm³/mol. The average Bonchev–Trinajstić information content (AvgIpc) is 2.25. The Kier molecular flexibility index (Phi) is 4.22. The van der Waals surface area contributed by atoms with E-state index in [1.165, 1.54) is 6.33 Å². The summed E-state index contributed by atoms with van der Waals surface area (Å²) in [7, 11) is 3.76. The van der Waals surface area contributed by atoms with Gasteiger partial charge in [-0.25, -0.2) is 9.97 Å². The van der Waals surface area contributed by atoms with Gasteiger partial charge < -0.3 is 9.80 Å². The normalized spacial score (nSPS) is 10.0. The van der Waals surface area contributed by atoms with Gasteiger partial charge in [0.2, 0.25) is 5.91 Å². The maximum absolute atomic E-state index is 11.0. The van der Waals surface area contributed by atoms with Crippen molar-refractivity contribution in [2.75, 3.05) is 32.1 Å². The Bertz CT molecular complexity index is 367. The van der Waals surface area contributed by atoms with E-state index in [2.05, 4.69) is 9.97 Å². The van der Waals surface area contributed by atoms with Crippen LogP contribution in [0.25, 0.3) is 0 Å². The molecule has 0 saturated carbocycles. The summed E-state index contributed by atoms with van der Waals surface area (Å²) in [4.78, 5) is 22.9. The Balaban J connectivity index is 2.56. The zero-order chi connectivity index (χ0) is 12.1. The molecule has 1 aromatic heterocycles. The lowest BCUT2D eigenvalue weighted by Gasteiger charge is -2.23. The second kappa shape index (κ2) is 5.44. The second-order valence-electron chi connectivity index (χ2n) is 3.89. The molecule has 88 valence electrons. The van der Waals surface area contributed by atoms with Crippen LogP contribution >= 0.6 is 0 Å². The van der Waals surface area contributed by atoms with Gasteiger partial charge in [-0.15, -0.1) is 0 Å². The van der Waals surface area contributed by atoms with Crippen LogP contribution in [-0.4, -0.2) is 48.0 Å². The predicted octanol–water partition coefficient (Wildman–Crippen LogP) is 0.700. The Hall–Kier alpha value is -1.65. The number of hydrogen-bond acceptors (Lipinski definition) is 4. The molecule has 0 aliphatic heterocycles. The van der Waals surface area contributed by atoms with E-state index in [-0.39, 0.29) is 5.91 Å². The highest BCUT2D eigenvalue weighted by Gasteiger charge is 2.08. The van der Waals surface area contributed by atoms with Gasteiger partial charge in [-0.05, 0) is 6.92 Å². The molecule has 0 N–H and O–H groups in total. The number of carbonyl (C=O) groups excluding carboxylic acids is 1. The first kappa shape index (κ1) is 12.4. The van der Waals surface area contributed by atoms with Crippen molar-refractivity contribution in [3.63, 3.8) is 0 Å². The lowest BCUT2D eigenvalue weighted by Crippen LogP contribution is -2.34. The molecule has 0 bridgehead atoms. The summed E-state index contributed by atoms with van der Waals surface area (Å²) in [5, 5.41) is 0. The molecule has 0 spiro atoms.